The lowest BCUT2D eigenvalue weighted by atomic mass is 10.2. The molecule has 1 aliphatic heterocycles. The molecular formula is C27H33N7O3S. The quantitative estimate of drug-likeness (QED) is 0.273. The van der Waals surface area contributed by atoms with Crippen molar-refractivity contribution in [1.82, 2.24) is 14.9 Å². The van der Waals surface area contributed by atoms with Gasteiger partial charge in [0.2, 0.25) is 17.0 Å². The molecule has 1 saturated heterocycles. The fraction of sp³-hybridized carbons (Fsp3) is 0.333. The van der Waals surface area contributed by atoms with E-state index in [-0.39, 0.29) is 5.11 Å². The molecule has 4 rings (SSSR count). The Morgan fingerprint density at radius 3 is 2.05 bits per heavy atom. The Morgan fingerprint density at radius 1 is 0.816 bits per heavy atom. The summed E-state index contributed by atoms with van der Waals surface area (Å²) in [5.74, 6) is 3.19. The van der Waals surface area contributed by atoms with Crippen LogP contribution in [0.3, 0.4) is 0 Å². The van der Waals surface area contributed by atoms with Gasteiger partial charge in [-0.2, -0.15) is 4.99 Å². The topological polar surface area (TPSA) is 96.4 Å². The summed E-state index contributed by atoms with van der Waals surface area (Å²) in [6.07, 6.45) is 0. The second-order valence-corrected chi connectivity index (χ2v) is 9.09. The van der Waals surface area contributed by atoms with E-state index in [4.69, 9.17) is 31.4 Å². The van der Waals surface area contributed by atoms with Crippen LogP contribution in [0.15, 0.2) is 53.5 Å². The van der Waals surface area contributed by atoms with Gasteiger partial charge in [0.1, 0.15) is 17.2 Å². The van der Waals surface area contributed by atoms with E-state index in [2.05, 4.69) is 42.5 Å². The zero-order valence-corrected chi connectivity index (χ0v) is 23.1. The van der Waals surface area contributed by atoms with Gasteiger partial charge >= 0.3 is 0 Å². The van der Waals surface area contributed by atoms with Crippen molar-refractivity contribution >= 4 is 40.6 Å². The van der Waals surface area contributed by atoms with Gasteiger partial charge in [-0.3, -0.25) is 5.32 Å². The summed E-state index contributed by atoms with van der Waals surface area (Å²) in [6, 6.07) is 15.5. The number of piperazine rings is 1. The highest BCUT2D eigenvalue weighted by atomic mass is 32.1. The molecule has 10 nitrogen and oxygen atoms in total. The van der Waals surface area contributed by atoms with E-state index < -0.39 is 0 Å². The Morgan fingerprint density at radius 2 is 1.45 bits per heavy atom. The predicted octanol–water partition coefficient (Wildman–Crippen LogP) is 4.11. The number of nitrogens with one attached hydrogen (secondary N) is 2. The minimum Gasteiger partial charge on any atom is -0.497 e. The Bertz CT molecular complexity index is 1270. The van der Waals surface area contributed by atoms with Gasteiger partial charge in [0, 0.05) is 49.3 Å². The first kappa shape index (κ1) is 26.9. The van der Waals surface area contributed by atoms with E-state index in [1.54, 1.807) is 21.3 Å². The van der Waals surface area contributed by atoms with E-state index in [1.165, 1.54) is 0 Å². The number of aliphatic imine (C=N–C) groups is 1. The highest BCUT2D eigenvalue weighted by Gasteiger charge is 2.22. The fourth-order valence-corrected chi connectivity index (χ4v) is 4.38. The number of hydrogen-bond donors (Lipinski definition) is 2. The standard InChI is InChI=1S/C27H33N7O3S/c1-18-16-19(2)29-25(28-18)31-26(32-27(38)30-23-17-22(36-4)10-11-24(23)37-5)34-14-12-33(13-15-34)20-6-8-21(35-3)9-7-20/h6-11,16-17H,12-15H2,1-5H3,(H2,28,29,30,31,32,38). The van der Waals surface area contributed by atoms with Gasteiger partial charge in [0.15, 0.2) is 0 Å². The van der Waals surface area contributed by atoms with Crippen molar-refractivity contribution in [2.24, 2.45) is 4.99 Å². The van der Waals surface area contributed by atoms with Crippen LogP contribution in [0.4, 0.5) is 17.3 Å². The fourth-order valence-electron chi connectivity index (χ4n) is 4.18. The number of anilines is 3. The maximum atomic E-state index is 5.64. The number of hydrogen-bond acceptors (Lipinski definition) is 7. The van der Waals surface area contributed by atoms with Crippen LogP contribution in [0.1, 0.15) is 11.4 Å². The summed E-state index contributed by atoms with van der Waals surface area (Å²) in [4.78, 5) is 18.3. The largest absolute Gasteiger partial charge is 0.497 e. The molecule has 0 unspecified atom stereocenters. The molecule has 2 aromatic carbocycles. The van der Waals surface area contributed by atoms with Crippen molar-refractivity contribution < 1.29 is 14.2 Å². The summed E-state index contributed by atoms with van der Waals surface area (Å²) in [5, 5.41) is 6.74. The van der Waals surface area contributed by atoms with Gasteiger partial charge < -0.3 is 29.3 Å². The maximum absolute atomic E-state index is 5.64. The average molecular weight is 536 g/mol. The second kappa shape index (κ2) is 12.4. The van der Waals surface area contributed by atoms with Crippen molar-refractivity contribution in [1.29, 1.82) is 0 Å². The van der Waals surface area contributed by atoms with Crippen LogP contribution in [0.25, 0.3) is 0 Å². The van der Waals surface area contributed by atoms with Crippen molar-refractivity contribution in [2.45, 2.75) is 13.8 Å². The molecule has 0 bridgehead atoms. The number of rotatable bonds is 6. The maximum Gasteiger partial charge on any atom is 0.229 e. The van der Waals surface area contributed by atoms with Crippen LogP contribution in [-0.2, 0) is 0 Å². The summed E-state index contributed by atoms with van der Waals surface area (Å²) in [6.45, 7) is 6.95. The molecular weight excluding hydrogens is 502 g/mol. The number of methoxy groups -OCH3 is 3. The van der Waals surface area contributed by atoms with Crippen molar-refractivity contribution in [3.8, 4) is 17.2 Å². The first-order valence-corrected chi connectivity index (χ1v) is 12.6. The van der Waals surface area contributed by atoms with E-state index >= 15 is 0 Å². The predicted molar refractivity (Wildman–Crippen MR) is 155 cm³/mol. The van der Waals surface area contributed by atoms with E-state index in [0.29, 0.717) is 29.1 Å². The second-order valence-electron chi connectivity index (χ2n) is 8.70. The summed E-state index contributed by atoms with van der Waals surface area (Å²) in [7, 11) is 4.89. The highest BCUT2D eigenvalue weighted by Crippen LogP contribution is 2.29. The highest BCUT2D eigenvalue weighted by molar-refractivity contribution is 7.80. The first-order chi connectivity index (χ1) is 18.4. The molecule has 0 amide bonds. The third-order valence-corrected chi connectivity index (χ3v) is 6.27. The minimum absolute atomic E-state index is 0.265. The number of guanidine groups is 1. The van der Waals surface area contributed by atoms with Gasteiger partial charge in [-0.25, -0.2) is 9.97 Å². The van der Waals surface area contributed by atoms with Crippen LogP contribution in [0, 0.1) is 13.8 Å². The molecule has 0 radical (unpaired) electrons. The van der Waals surface area contributed by atoms with Crippen LogP contribution >= 0.6 is 12.2 Å². The van der Waals surface area contributed by atoms with Crippen molar-refractivity contribution in [3.63, 3.8) is 0 Å². The molecule has 1 aliphatic rings. The molecule has 0 aliphatic carbocycles. The monoisotopic (exact) mass is 535 g/mol. The summed E-state index contributed by atoms with van der Waals surface area (Å²) in [5.41, 5.74) is 3.54. The number of ether oxygens (including phenoxy) is 3. The molecule has 0 spiro atoms. The lowest BCUT2D eigenvalue weighted by Crippen LogP contribution is -2.51. The van der Waals surface area contributed by atoms with Gasteiger partial charge in [-0.05, 0) is 68.5 Å². The Labute approximate surface area is 228 Å². The minimum atomic E-state index is 0.265. The van der Waals surface area contributed by atoms with Gasteiger partial charge in [-0.15, -0.1) is 0 Å². The lowest BCUT2D eigenvalue weighted by molar-refractivity contribution is 0.385. The molecule has 0 atom stereocenters. The number of thiocarbonyl (C=S) groups is 1. The summed E-state index contributed by atoms with van der Waals surface area (Å²) < 4.78 is 16.1. The third kappa shape index (κ3) is 6.80. The average Bonchev–Trinajstić information content (AvgIpc) is 2.92. The SMILES string of the molecule is COc1ccc(N2CCN(/C(=N/C(=S)Nc3cc(OC)ccc3OC)Nc3nc(C)cc(C)n3)CC2)cc1. The smallest absolute Gasteiger partial charge is 0.229 e. The molecule has 11 heteroatoms. The van der Waals surface area contributed by atoms with E-state index in [0.717, 1.165) is 49.0 Å². The van der Waals surface area contributed by atoms with Gasteiger partial charge in [0.25, 0.3) is 0 Å². The number of aromatic nitrogens is 2. The Hall–Kier alpha value is -4.12. The van der Waals surface area contributed by atoms with Crippen LogP contribution in [0.5, 0.6) is 17.2 Å². The lowest BCUT2D eigenvalue weighted by Gasteiger charge is -2.37. The number of nitrogens with zero attached hydrogens (tertiary/aromatic N) is 5. The molecule has 2 N–H and O–H groups in total. The van der Waals surface area contributed by atoms with E-state index in [9.17, 15) is 0 Å². The third-order valence-electron chi connectivity index (χ3n) is 6.08. The molecule has 0 saturated carbocycles. The number of benzene rings is 2. The molecule has 1 fully saturated rings. The zero-order valence-electron chi connectivity index (χ0n) is 22.3. The normalized spacial score (nSPS) is 13.7. The van der Waals surface area contributed by atoms with Crippen LogP contribution in [0.2, 0.25) is 0 Å². The van der Waals surface area contributed by atoms with Crippen molar-refractivity contribution in [2.75, 3.05) is 63.0 Å². The van der Waals surface area contributed by atoms with Gasteiger partial charge in [0.05, 0.1) is 27.0 Å². The Balaban J connectivity index is 1.55. The zero-order chi connectivity index (χ0) is 27.1. The Kier molecular flexibility index (Phi) is 8.80. The molecule has 3 aromatic rings. The van der Waals surface area contributed by atoms with Crippen LogP contribution < -0.4 is 29.7 Å². The molecule has 200 valence electrons. The summed E-state index contributed by atoms with van der Waals surface area (Å²) >= 11 is 5.64. The van der Waals surface area contributed by atoms with Gasteiger partial charge in [-0.1, -0.05) is 0 Å². The molecule has 38 heavy (non-hydrogen) atoms. The first-order valence-electron chi connectivity index (χ1n) is 12.2. The van der Waals surface area contributed by atoms with Crippen LogP contribution in [-0.4, -0.2) is 73.4 Å². The molecule has 1 aromatic heterocycles. The van der Waals surface area contributed by atoms with E-state index in [1.807, 2.05) is 50.2 Å². The van der Waals surface area contributed by atoms with Crippen molar-refractivity contribution in [3.05, 3.63) is 59.9 Å². The molecule has 2 heterocycles. The number of aryl methyl sites for hydroxylation is 2.